The summed E-state index contributed by atoms with van der Waals surface area (Å²) >= 11 is 0. The Morgan fingerprint density at radius 3 is 2.42 bits per heavy atom. The molecule has 1 aliphatic heterocycles. The SMILES string of the molecule is CN(c1ccccc1)c1ccc2ccc(C(=O)N3CCCC3)cn12. The van der Waals surface area contributed by atoms with E-state index in [1.54, 1.807) is 0 Å². The molecule has 0 bridgehead atoms. The third-order valence-electron chi connectivity index (χ3n) is 4.76. The van der Waals surface area contributed by atoms with Crippen LogP contribution >= 0.6 is 0 Å². The van der Waals surface area contributed by atoms with E-state index >= 15 is 0 Å². The molecule has 4 nitrogen and oxygen atoms in total. The van der Waals surface area contributed by atoms with E-state index in [-0.39, 0.29) is 5.91 Å². The van der Waals surface area contributed by atoms with Gasteiger partial charge in [-0.25, -0.2) is 0 Å². The smallest absolute Gasteiger partial charge is 0.255 e. The van der Waals surface area contributed by atoms with E-state index in [4.69, 9.17) is 0 Å². The van der Waals surface area contributed by atoms with Crippen molar-refractivity contribution in [1.29, 1.82) is 0 Å². The quantitative estimate of drug-likeness (QED) is 0.731. The zero-order valence-electron chi connectivity index (χ0n) is 13.9. The Kier molecular flexibility index (Phi) is 3.73. The van der Waals surface area contributed by atoms with E-state index in [0.717, 1.165) is 48.5 Å². The van der Waals surface area contributed by atoms with E-state index in [1.165, 1.54) is 0 Å². The first-order valence-corrected chi connectivity index (χ1v) is 8.43. The fourth-order valence-electron chi connectivity index (χ4n) is 3.37. The van der Waals surface area contributed by atoms with E-state index in [2.05, 4.69) is 33.6 Å². The van der Waals surface area contributed by atoms with Crippen molar-refractivity contribution in [2.24, 2.45) is 0 Å². The predicted molar refractivity (Wildman–Crippen MR) is 97.0 cm³/mol. The van der Waals surface area contributed by atoms with Crippen molar-refractivity contribution in [3.8, 4) is 0 Å². The molecule has 0 unspecified atom stereocenters. The van der Waals surface area contributed by atoms with Gasteiger partial charge in [-0.3, -0.25) is 4.79 Å². The summed E-state index contributed by atoms with van der Waals surface area (Å²) in [4.78, 5) is 16.7. The molecule has 4 heteroatoms. The van der Waals surface area contributed by atoms with Crippen LogP contribution in [0.25, 0.3) is 5.52 Å². The normalized spacial score (nSPS) is 14.3. The Labute approximate surface area is 141 Å². The van der Waals surface area contributed by atoms with Crippen LogP contribution in [0.15, 0.2) is 60.8 Å². The van der Waals surface area contributed by atoms with Crippen molar-refractivity contribution in [3.05, 3.63) is 66.4 Å². The molecule has 0 saturated carbocycles. The molecule has 1 aliphatic rings. The summed E-state index contributed by atoms with van der Waals surface area (Å²) in [6.07, 6.45) is 4.18. The molecule has 2 aromatic heterocycles. The molecule has 3 aromatic rings. The molecule has 0 N–H and O–H groups in total. The predicted octanol–water partition coefficient (Wildman–Crippen LogP) is 3.94. The minimum absolute atomic E-state index is 0.136. The number of hydrogen-bond donors (Lipinski definition) is 0. The van der Waals surface area contributed by atoms with Gasteiger partial charge in [-0.1, -0.05) is 18.2 Å². The number of hydrogen-bond acceptors (Lipinski definition) is 2. The van der Waals surface area contributed by atoms with Crippen molar-refractivity contribution < 1.29 is 4.79 Å². The maximum atomic E-state index is 12.7. The average Bonchev–Trinajstić information content (AvgIpc) is 3.30. The molecule has 1 aromatic carbocycles. The van der Waals surface area contributed by atoms with E-state index in [9.17, 15) is 4.79 Å². The first kappa shape index (κ1) is 14.8. The Morgan fingerprint density at radius 1 is 0.958 bits per heavy atom. The van der Waals surface area contributed by atoms with Crippen LogP contribution < -0.4 is 4.90 Å². The lowest BCUT2D eigenvalue weighted by Gasteiger charge is -2.20. The molecular weight excluding hydrogens is 298 g/mol. The molecule has 0 spiro atoms. The van der Waals surface area contributed by atoms with Gasteiger partial charge >= 0.3 is 0 Å². The van der Waals surface area contributed by atoms with Gasteiger partial charge in [0.05, 0.1) is 5.56 Å². The lowest BCUT2D eigenvalue weighted by molar-refractivity contribution is 0.0792. The number of para-hydroxylation sites is 1. The maximum absolute atomic E-state index is 12.7. The van der Waals surface area contributed by atoms with Gasteiger partial charge in [-0.15, -0.1) is 0 Å². The number of fused-ring (bicyclic) bond motifs is 1. The number of pyridine rings is 1. The Balaban J connectivity index is 1.72. The maximum Gasteiger partial charge on any atom is 0.255 e. The summed E-state index contributed by atoms with van der Waals surface area (Å²) in [5, 5.41) is 0. The largest absolute Gasteiger partial charge is 0.339 e. The average molecular weight is 319 g/mol. The zero-order valence-corrected chi connectivity index (χ0v) is 13.9. The van der Waals surface area contributed by atoms with Crippen LogP contribution in [0.1, 0.15) is 23.2 Å². The molecule has 122 valence electrons. The summed E-state index contributed by atoms with van der Waals surface area (Å²) in [6, 6.07) is 18.4. The number of benzene rings is 1. The summed E-state index contributed by atoms with van der Waals surface area (Å²) in [5.41, 5.74) is 2.96. The van der Waals surface area contributed by atoms with Crippen molar-refractivity contribution in [3.63, 3.8) is 0 Å². The van der Waals surface area contributed by atoms with E-state index in [1.807, 2.05) is 48.5 Å². The lowest BCUT2D eigenvalue weighted by atomic mass is 10.2. The fourth-order valence-corrected chi connectivity index (χ4v) is 3.37. The second-order valence-electron chi connectivity index (χ2n) is 6.30. The Hall–Kier alpha value is -2.75. The van der Waals surface area contributed by atoms with Crippen LogP contribution in [0.4, 0.5) is 11.5 Å². The highest BCUT2D eigenvalue weighted by Crippen LogP contribution is 2.26. The minimum atomic E-state index is 0.136. The van der Waals surface area contributed by atoms with Crippen molar-refractivity contribution in [2.75, 3.05) is 25.0 Å². The van der Waals surface area contributed by atoms with Gasteiger partial charge in [-0.05, 0) is 49.2 Å². The van der Waals surface area contributed by atoms with Gasteiger partial charge in [0.15, 0.2) is 0 Å². The number of likely N-dealkylation sites (tertiary alicyclic amines) is 1. The number of carbonyl (C=O) groups excluding carboxylic acids is 1. The second kappa shape index (κ2) is 6.04. The molecule has 3 heterocycles. The number of rotatable bonds is 3. The van der Waals surface area contributed by atoms with E-state index < -0.39 is 0 Å². The number of anilines is 2. The van der Waals surface area contributed by atoms with Gasteiger partial charge in [0.1, 0.15) is 5.82 Å². The van der Waals surface area contributed by atoms with Crippen LogP contribution in [-0.4, -0.2) is 35.3 Å². The van der Waals surface area contributed by atoms with Crippen molar-refractivity contribution in [2.45, 2.75) is 12.8 Å². The topological polar surface area (TPSA) is 28.0 Å². The molecule has 1 fully saturated rings. The highest BCUT2D eigenvalue weighted by molar-refractivity contribution is 5.94. The third kappa shape index (κ3) is 2.54. The van der Waals surface area contributed by atoms with Crippen LogP contribution in [0.3, 0.4) is 0 Å². The standard InChI is InChI=1S/C20H21N3O/c1-21(17-7-3-2-4-8-17)19-12-11-18-10-9-16(15-23(18)19)20(24)22-13-5-6-14-22/h2-4,7-12,15H,5-6,13-14H2,1H3. The molecule has 1 saturated heterocycles. The molecular formula is C20H21N3O. The van der Waals surface area contributed by atoms with Gasteiger partial charge in [-0.2, -0.15) is 0 Å². The molecule has 4 rings (SSSR count). The third-order valence-corrected chi connectivity index (χ3v) is 4.76. The summed E-state index contributed by atoms with van der Waals surface area (Å²) < 4.78 is 2.09. The van der Waals surface area contributed by atoms with Crippen LogP contribution in [0, 0.1) is 0 Å². The van der Waals surface area contributed by atoms with Gasteiger partial charge < -0.3 is 14.2 Å². The van der Waals surface area contributed by atoms with Crippen molar-refractivity contribution >= 4 is 22.9 Å². The molecule has 0 radical (unpaired) electrons. The van der Waals surface area contributed by atoms with Gasteiger partial charge in [0.2, 0.25) is 0 Å². The van der Waals surface area contributed by atoms with Crippen LogP contribution in [0.2, 0.25) is 0 Å². The lowest BCUT2D eigenvalue weighted by Crippen LogP contribution is -2.27. The molecule has 1 amide bonds. The van der Waals surface area contributed by atoms with Crippen molar-refractivity contribution in [1.82, 2.24) is 9.30 Å². The number of carbonyl (C=O) groups is 1. The van der Waals surface area contributed by atoms with Crippen LogP contribution in [0.5, 0.6) is 0 Å². The zero-order chi connectivity index (χ0) is 16.5. The highest BCUT2D eigenvalue weighted by atomic mass is 16.2. The minimum Gasteiger partial charge on any atom is -0.339 e. The monoisotopic (exact) mass is 319 g/mol. The number of amides is 1. The second-order valence-corrected chi connectivity index (χ2v) is 6.30. The summed E-state index contributed by atoms with van der Waals surface area (Å²) in [6.45, 7) is 1.75. The van der Waals surface area contributed by atoms with Gasteiger partial charge in [0.25, 0.3) is 5.91 Å². The number of aromatic nitrogens is 1. The highest BCUT2D eigenvalue weighted by Gasteiger charge is 2.20. The summed E-state index contributed by atoms with van der Waals surface area (Å²) in [7, 11) is 2.05. The van der Waals surface area contributed by atoms with Gasteiger partial charge in [0, 0.05) is 37.5 Å². The fraction of sp³-hybridized carbons (Fsp3) is 0.250. The first-order valence-electron chi connectivity index (χ1n) is 8.43. The van der Waals surface area contributed by atoms with Crippen LogP contribution in [-0.2, 0) is 0 Å². The molecule has 0 atom stereocenters. The Morgan fingerprint density at radius 2 is 1.67 bits per heavy atom. The molecule has 0 aliphatic carbocycles. The number of nitrogens with zero attached hydrogens (tertiary/aromatic N) is 3. The summed E-state index contributed by atoms with van der Waals surface area (Å²) in [5.74, 6) is 1.18. The Bertz CT molecular complexity index is 863. The first-order chi connectivity index (χ1) is 11.7. The van der Waals surface area contributed by atoms with E-state index in [0.29, 0.717) is 0 Å². The molecule has 24 heavy (non-hydrogen) atoms.